The summed E-state index contributed by atoms with van der Waals surface area (Å²) >= 11 is 0. The van der Waals surface area contributed by atoms with E-state index in [-0.39, 0.29) is 29.3 Å². The lowest BCUT2D eigenvalue weighted by Crippen LogP contribution is -2.38. The molecule has 2 aromatic rings. The third-order valence-corrected chi connectivity index (χ3v) is 5.55. The molecule has 2 aromatic carbocycles. The van der Waals surface area contributed by atoms with Crippen LogP contribution in [0, 0.1) is 17.1 Å². The Balaban J connectivity index is 1.94. The maximum Gasteiger partial charge on any atom is 0.416 e. The molecule has 1 atom stereocenters. The zero-order valence-corrected chi connectivity index (χ0v) is 16.2. The molecule has 158 valence electrons. The quantitative estimate of drug-likeness (QED) is 0.673. The fourth-order valence-electron chi connectivity index (χ4n) is 4.19. The van der Waals surface area contributed by atoms with Gasteiger partial charge in [-0.2, -0.15) is 18.4 Å². The van der Waals surface area contributed by atoms with Gasteiger partial charge in [-0.1, -0.05) is 18.2 Å². The van der Waals surface area contributed by atoms with Crippen LogP contribution in [0.4, 0.5) is 23.2 Å². The Morgan fingerprint density at radius 2 is 1.81 bits per heavy atom. The van der Waals surface area contributed by atoms with Gasteiger partial charge in [0.1, 0.15) is 11.6 Å². The number of carbonyl (C=O) groups excluding carboxylic acids is 1. The average Bonchev–Trinajstić information content (AvgIpc) is 2.73. The van der Waals surface area contributed by atoms with E-state index >= 15 is 0 Å². The number of alkyl halides is 3. The molecule has 4 nitrogen and oxygen atoms in total. The van der Waals surface area contributed by atoms with Crippen LogP contribution in [0.15, 0.2) is 71.2 Å². The van der Waals surface area contributed by atoms with Crippen molar-refractivity contribution in [1.82, 2.24) is 0 Å². The third kappa shape index (κ3) is 3.56. The molecule has 1 heterocycles. The zero-order chi connectivity index (χ0) is 22.3. The number of benzene rings is 2. The van der Waals surface area contributed by atoms with Crippen molar-refractivity contribution in [3.05, 3.63) is 88.1 Å². The number of anilines is 1. The molecule has 1 aliphatic heterocycles. The van der Waals surface area contributed by atoms with Crippen LogP contribution in [0.2, 0.25) is 0 Å². The second kappa shape index (κ2) is 7.58. The van der Waals surface area contributed by atoms with Crippen LogP contribution in [-0.2, 0) is 11.0 Å². The van der Waals surface area contributed by atoms with Crippen LogP contribution < -0.4 is 10.6 Å². The highest BCUT2D eigenvalue weighted by Crippen LogP contribution is 2.46. The SMILES string of the molecule is N#CC1=C(N)N(c2cccc(C(F)(F)F)c2)C2=C(C(=O)CCC2)[C@H]1c1ccc(F)cc1. The molecular weight excluding hydrogens is 410 g/mol. The molecule has 0 bridgehead atoms. The molecule has 0 aromatic heterocycles. The van der Waals surface area contributed by atoms with Crippen LogP contribution in [0.1, 0.15) is 36.3 Å². The predicted octanol–water partition coefficient (Wildman–Crippen LogP) is 5.15. The van der Waals surface area contributed by atoms with Crippen molar-refractivity contribution in [2.75, 3.05) is 4.90 Å². The van der Waals surface area contributed by atoms with Crippen molar-refractivity contribution in [2.24, 2.45) is 5.73 Å². The topological polar surface area (TPSA) is 70.1 Å². The summed E-state index contributed by atoms with van der Waals surface area (Å²) in [5, 5.41) is 9.87. The van der Waals surface area contributed by atoms with Gasteiger partial charge in [-0.25, -0.2) is 4.39 Å². The highest BCUT2D eigenvalue weighted by molar-refractivity contribution is 6.01. The van der Waals surface area contributed by atoms with Crippen molar-refractivity contribution in [2.45, 2.75) is 31.4 Å². The van der Waals surface area contributed by atoms with Gasteiger partial charge in [-0.3, -0.25) is 9.69 Å². The summed E-state index contributed by atoms with van der Waals surface area (Å²) in [5.41, 5.74) is 6.94. The molecule has 1 aliphatic carbocycles. The summed E-state index contributed by atoms with van der Waals surface area (Å²) in [6.07, 6.45) is -3.38. The fraction of sp³-hybridized carbons (Fsp3) is 0.217. The first-order valence-electron chi connectivity index (χ1n) is 9.61. The second-order valence-electron chi connectivity index (χ2n) is 7.42. The van der Waals surface area contributed by atoms with E-state index in [0.717, 1.165) is 12.1 Å². The number of carbonyl (C=O) groups is 1. The summed E-state index contributed by atoms with van der Waals surface area (Å²) in [6.45, 7) is 0. The van der Waals surface area contributed by atoms with Gasteiger partial charge in [0.15, 0.2) is 5.78 Å². The van der Waals surface area contributed by atoms with Gasteiger partial charge < -0.3 is 5.73 Å². The van der Waals surface area contributed by atoms with E-state index in [0.29, 0.717) is 29.7 Å². The van der Waals surface area contributed by atoms with E-state index < -0.39 is 23.5 Å². The molecule has 0 radical (unpaired) electrons. The predicted molar refractivity (Wildman–Crippen MR) is 106 cm³/mol. The van der Waals surface area contributed by atoms with Crippen molar-refractivity contribution in [1.29, 1.82) is 5.26 Å². The number of nitriles is 1. The number of nitrogens with two attached hydrogens (primary N) is 1. The minimum Gasteiger partial charge on any atom is -0.384 e. The maximum absolute atomic E-state index is 13.5. The Morgan fingerprint density at radius 1 is 1.10 bits per heavy atom. The zero-order valence-electron chi connectivity index (χ0n) is 16.2. The van der Waals surface area contributed by atoms with E-state index in [1.54, 1.807) is 0 Å². The van der Waals surface area contributed by atoms with Crippen LogP contribution in [-0.4, -0.2) is 5.78 Å². The van der Waals surface area contributed by atoms with Crippen LogP contribution >= 0.6 is 0 Å². The van der Waals surface area contributed by atoms with E-state index in [2.05, 4.69) is 0 Å². The molecule has 4 rings (SSSR count). The smallest absolute Gasteiger partial charge is 0.384 e. The molecule has 0 amide bonds. The van der Waals surface area contributed by atoms with Crippen molar-refractivity contribution < 1.29 is 22.4 Å². The lowest BCUT2D eigenvalue weighted by atomic mass is 9.75. The molecule has 2 N–H and O–H groups in total. The minimum absolute atomic E-state index is 0.0374. The second-order valence-corrected chi connectivity index (χ2v) is 7.42. The molecule has 0 saturated heterocycles. The first kappa shape index (κ1) is 20.7. The van der Waals surface area contributed by atoms with E-state index in [4.69, 9.17) is 5.73 Å². The Hall–Kier alpha value is -3.60. The number of hydrogen-bond donors (Lipinski definition) is 1. The molecule has 0 fully saturated rings. The number of nitrogens with zero attached hydrogens (tertiary/aromatic N) is 2. The van der Waals surface area contributed by atoms with Gasteiger partial charge in [0, 0.05) is 23.4 Å². The maximum atomic E-state index is 13.5. The van der Waals surface area contributed by atoms with Gasteiger partial charge in [-0.05, 0) is 48.7 Å². The Morgan fingerprint density at radius 3 is 2.45 bits per heavy atom. The van der Waals surface area contributed by atoms with Gasteiger partial charge in [0.05, 0.1) is 23.1 Å². The first-order chi connectivity index (χ1) is 14.7. The van der Waals surface area contributed by atoms with Gasteiger partial charge >= 0.3 is 6.18 Å². The minimum atomic E-state index is -4.56. The monoisotopic (exact) mass is 427 g/mol. The molecule has 8 heteroatoms. The molecule has 0 saturated carbocycles. The molecule has 0 unspecified atom stereocenters. The number of halogens is 4. The number of Topliss-reactive ketones (excluding diaryl/α,β-unsaturated/α-hetero) is 1. The normalized spacial score (nSPS) is 19.4. The van der Waals surface area contributed by atoms with Crippen LogP contribution in [0.5, 0.6) is 0 Å². The Labute approximate surface area is 175 Å². The van der Waals surface area contributed by atoms with E-state index in [1.807, 2.05) is 6.07 Å². The average molecular weight is 427 g/mol. The largest absolute Gasteiger partial charge is 0.416 e. The number of hydrogen-bond acceptors (Lipinski definition) is 4. The Bertz CT molecular complexity index is 1160. The third-order valence-electron chi connectivity index (χ3n) is 5.55. The van der Waals surface area contributed by atoms with Gasteiger partial charge in [0.25, 0.3) is 0 Å². The molecular formula is C23H17F4N3O. The Kier molecular flexibility index (Phi) is 5.05. The van der Waals surface area contributed by atoms with Crippen molar-refractivity contribution in [3.8, 4) is 6.07 Å². The van der Waals surface area contributed by atoms with Crippen molar-refractivity contribution >= 4 is 11.5 Å². The van der Waals surface area contributed by atoms with E-state index in [9.17, 15) is 27.6 Å². The first-order valence-corrected chi connectivity index (χ1v) is 9.61. The van der Waals surface area contributed by atoms with Gasteiger partial charge in [-0.15, -0.1) is 0 Å². The van der Waals surface area contributed by atoms with Crippen LogP contribution in [0.3, 0.4) is 0 Å². The molecule has 31 heavy (non-hydrogen) atoms. The van der Waals surface area contributed by atoms with Crippen LogP contribution in [0.25, 0.3) is 0 Å². The number of ketones is 1. The number of rotatable bonds is 2. The summed E-state index contributed by atoms with van der Waals surface area (Å²) in [5.74, 6) is -1.50. The highest BCUT2D eigenvalue weighted by Gasteiger charge is 2.41. The number of allylic oxidation sites excluding steroid dienone is 3. The summed E-state index contributed by atoms with van der Waals surface area (Å²) in [4.78, 5) is 14.3. The molecule has 0 spiro atoms. The standard InChI is InChI=1S/C23H17F4N3O/c24-15-9-7-13(8-10-15)20-17(12-28)22(29)30(18-5-2-6-19(31)21(18)20)16-4-1-3-14(11-16)23(25,26)27/h1,3-4,7-11,20H,2,5-6,29H2/t20-/m0/s1. The van der Waals surface area contributed by atoms with E-state index in [1.165, 1.54) is 41.3 Å². The van der Waals surface area contributed by atoms with Gasteiger partial charge in [0.2, 0.25) is 0 Å². The lowest BCUT2D eigenvalue weighted by Gasteiger charge is -2.39. The lowest BCUT2D eigenvalue weighted by molar-refractivity contribution is -0.137. The highest BCUT2D eigenvalue weighted by atomic mass is 19.4. The molecule has 2 aliphatic rings. The fourth-order valence-corrected chi connectivity index (χ4v) is 4.19. The summed E-state index contributed by atoms with van der Waals surface area (Å²) < 4.78 is 53.3. The summed E-state index contributed by atoms with van der Waals surface area (Å²) in [6, 6.07) is 12.1. The van der Waals surface area contributed by atoms with Crippen molar-refractivity contribution in [3.63, 3.8) is 0 Å². The summed E-state index contributed by atoms with van der Waals surface area (Å²) in [7, 11) is 0.